The van der Waals surface area contributed by atoms with Gasteiger partial charge in [-0.1, -0.05) is 31.5 Å². The fourth-order valence-electron chi connectivity index (χ4n) is 1.45. The Balaban J connectivity index is 2.65. The number of halogens is 1. The van der Waals surface area contributed by atoms with Crippen LogP contribution in [0.3, 0.4) is 0 Å². The molecule has 0 aliphatic heterocycles. The van der Waals surface area contributed by atoms with Crippen molar-refractivity contribution >= 4 is 28.8 Å². The molecular weight excluding hydrogens is 303 g/mol. The largest absolute Gasteiger partial charge is 0.491 e. The molecule has 1 rings (SSSR count). The van der Waals surface area contributed by atoms with Crippen LogP contribution < -0.4 is 4.74 Å². The highest BCUT2D eigenvalue weighted by molar-refractivity contribution is 14.1. The van der Waals surface area contributed by atoms with Crippen LogP contribution >= 0.6 is 21.8 Å². The van der Waals surface area contributed by atoms with Crippen LogP contribution in [0, 0.1) is 0 Å². The summed E-state index contributed by atoms with van der Waals surface area (Å²) in [7, 11) is -0.176. The summed E-state index contributed by atoms with van der Waals surface area (Å²) in [5.74, 6) is 1.01. The molecule has 0 aliphatic carbocycles. The van der Waals surface area contributed by atoms with E-state index in [4.69, 9.17) is 4.74 Å². The molecule has 0 bridgehead atoms. The number of rotatable bonds is 5. The van der Waals surface area contributed by atoms with Gasteiger partial charge in [-0.05, 0) is 25.5 Å². The standard InChI is InChI=1S/C11H17IOSi/c1-3-9-11(2,14-12)13-10-7-5-4-6-8-10/h4-8H,3,9,14H2,1-2H3. The zero-order valence-electron chi connectivity index (χ0n) is 8.79. The molecule has 3 heteroatoms. The van der Waals surface area contributed by atoms with Gasteiger partial charge in [-0.15, -0.1) is 21.8 Å². The van der Waals surface area contributed by atoms with Gasteiger partial charge in [0.15, 0.2) is 0 Å². The lowest BCUT2D eigenvalue weighted by Gasteiger charge is -2.28. The Kier molecular flexibility index (Phi) is 4.95. The molecule has 0 N–H and O–H groups in total. The van der Waals surface area contributed by atoms with E-state index in [1.165, 1.54) is 6.42 Å². The summed E-state index contributed by atoms with van der Waals surface area (Å²) in [6.07, 6.45) is 2.36. The van der Waals surface area contributed by atoms with Crippen LogP contribution in [0.25, 0.3) is 0 Å². The number of benzene rings is 1. The Bertz CT molecular complexity index is 265. The third-order valence-corrected chi connectivity index (χ3v) is 8.07. The number of hydrogen-bond donors (Lipinski definition) is 0. The van der Waals surface area contributed by atoms with Gasteiger partial charge in [-0.3, -0.25) is 0 Å². The van der Waals surface area contributed by atoms with Crippen LogP contribution in [0.1, 0.15) is 26.7 Å². The molecule has 78 valence electrons. The molecule has 0 aliphatic rings. The molecule has 0 spiro atoms. The first-order valence-corrected chi connectivity index (χ1v) is 10.8. The van der Waals surface area contributed by atoms with Gasteiger partial charge in [0.25, 0.3) is 0 Å². The molecule has 1 nitrogen and oxygen atoms in total. The summed E-state index contributed by atoms with van der Waals surface area (Å²) >= 11 is 2.53. The molecule has 0 fully saturated rings. The highest BCUT2D eigenvalue weighted by Crippen LogP contribution is 2.22. The number of ether oxygens (including phenoxy) is 1. The van der Waals surface area contributed by atoms with E-state index in [-0.39, 0.29) is 12.2 Å². The lowest BCUT2D eigenvalue weighted by Crippen LogP contribution is -2.36. The Hall–Kier alpha value is -0.0331. The van der Waals surface area contributed by atoms with Gasteiger partial charge in [-0.25, -0.2) is 0 Å². The summed E-state index contributed by atoms with van der Waals surface area (Å²) in [5.41, 5.74) is 0. The topological polar surface area (TPSA) is 9.23 Å². The van der Waals surface area contributed by atoms with Crippen LogP contribution in [0.5, 0.6) is 5.75 Å². The lowest BCUT2D eigenvalue weighted by atomic mass is 10.2. The van der Waals surface area contributed by atoms with Crippen molar-refractivity contribution in [1.82, 2.24) is 0 Å². The first kappa shape index (κ1) is 12.0. The smallest absolute Gasteiger partial charge is 0.144 e. The fraction of sp³-hybridized carbons (Fsp3) is 0.455. The van der Waals surface area contributed by atoms with Gasteiger partial charge in [0, 0.05) is 0 Å². The highest BCUT2D eigenvalue weighted by atomic mass is 127. The van der Waals surface area contributed by atoms with Gasteiger partial charge in [0.1, 0.15) is 12.8 Å². The van der Waals surface area contributed by atoms with Crippen LogP contribution in [0.15, 0.2) is 30.3 Å². The second kappa shape index (κ2) is 5.75. The van der Waals surface area contributed by atoms with Crippen molar-refractivity contribution in [1.29, 1.82) is 0 Å². The summed E-state index contributed by atoms with van der Waals surface area (Å²) in [6, 6.07) is 10.1. The lowest BCUT2D eigenvalue weighted by molar-refractivity contribution is 0.164. The van der Waals surface area contributed by atoms with Crippen molar-refractivity contribution in [2.24, 2.45) is 0 Å². The summed E-state index contributed by atoms with van der Waals surface area (Å²) in [4.78, 5) is 0. The minimum Gasteiger partial charge on any atom is -0.491 e. The number of para-hydroxylation sites is 1. The second-order valence-corrected chi connectivity index (χ2v) is 7.80. The fourth-order valence-corrected chi connectivity index (χ4v) is 3.77. The Morgan fingerprint density at radius 2 is 2.00 bits per heavy atom. The Morgan fingerprint density at radius 1 is 1.36 bits per heavy atom. The molecular formula is C11H17IOSi. The summed E-state index contributed by atoms with van der Waals surface area (Å²) in [5, 5.41) is 0.122. The molecule has 0 aromatic heterocycles. The van der Waals surface area contributed by atoms with Crippen molar-refractivity contribution in [3.05, 3.63) is 30.3 Å². The summed E-state index contributed by atoms with van der Waals surface area (Å²) in [6.45, 7) is 4.45. The second-order valence-electron chi connectivity index (χ2n) is 3.75. The maximum absolute atomic E-state index is 6.05. The maximum Gasteiger partial charge on any atom is 0.144 e. The molecule has 14 heavy (non-hydrogen) atoms. The first-order valence-electron chi connectivity index (χ1n) is 5.00. The minimum absolute atomic E-state index is 0.122. The van der Waals surface area contributed by atoms with E-state index in [2.05, 4.69) is 35.6 Å². The normalized spacial score (nSPS) is 15.6. The third kappa shape index (κ3) is 3.61. The Labute approximate surface area is 101 Å². The highest BCUT2D eigenvalue weighted by Gasteiger charge is 2.24. The van der Waals surface area contributed by atoms with Crippen LogP contribution in [0.4, 0.5) is 0 Å². The minimum atomic E-state index is -0.176. The molecule has 1 aromatic rings. The van der Waals surface area contributed by atoms with Gasteiger partial charge in [-0.2, -0.15) is 0 Å². The average molecular weight is 320 g/mol. The van der Waals surface area contributed by atoms with Crippen molar-refractivity contribution in [2.75, 3.05) is 0 Å². The van der Waals surface area contributed by atoms with Crippen LogP contribution in [-0.2, 0) is 0 Å². The molecule has 1 unspecified atom stereocenters. The van der Waals surface area contributed by atoms with E-state index in [1.54, 1.807) is 0 Å². The SMILES string of the molecule is CCCC(C)(Oc1ccccc1)[SiH2]I. The van der Waals surface area contributed by atoms with Crippen molar-refractivity contribution in [2.45, 2.75) is 31.9 Å². The quantitative estimate of drug-likeness (QED) is 0.460. The van der Waals surface area contributed by atoms with E-state index >= 15 is 0 Å². The van der Waals surface area contributed by atoms with Gasteiger partial charge in [0.05, 0.1) is 5.22 Å². The van der Waals surface area contributed by atoms with Crippen molar-refractivity contribution in [3.8, 4) is 5.75 Å². The monoisotopic (exact) mass is 320 g/mol. The molecule has 0 saturated carbocycles. The van der Waals surface area contributed by atoms with E-state index in [9.17, 15) is 0 Å². The average Bonchev–Trinajstić information content (AvgIpc) is 2.20. The maximum atomic E-state index is 6.05. The van der Waals surface area contributed by atoms with Gasteiger partial charge >= 0.3 is 0 Å². The van der Waals surface area contributed by atoms with E-state index < -0.39 is 0 Å². The predicted molar refractivity (Wildman–Crippen MR) is 72.9 cm³/mol. The Morgan fingerprint density at radius 3 is 2.50 bits per heavy atom. The van der Waals surface area contributed by atoms with E-state index in [1.807, 2.05) is 30.3 Å². The molecule has 1 atom stereocenters. The molecule has 0 heterocycles. The summed E-state index contributed by atoms with van der Waals surface area (Å²) < 4.78 is 6.05. The zero-order chi connectivity index (χ0) is 10.4. The predicted octanol–water partition coefficient (Wildman–Crippen LogP) is 3.10. The molecule has 0 radical (unpaired) electrons. The third-order valence-electron chi connectivity index (χ3n) is 2.17. The molecule has 1 aromatic carbocycles. The van der Waals surface area contributed by atoms with Crippen molar-refractivity contribution in [3.63, 3.8) is 0 Å². The molecule has 0 saturated heterocycles. The molecule has 0 amide bonds. The first-order chi connectivity index (χ1) is 6.70. The number of hydrogen-bond acceptors (Lipinski definition) is 1. The van der Waals surface area contributed by atoms with E-state index in [0.29, 0.717) is 0 Å². The van der Waals surface area contributed by atoms with Crippen LogP contribution in [-0.4, -0.2) is 12.2 Å². The van der Waals surface area contributed by atoms with E-state index in [0.717, 1.165) is 12.2 Å². The van der Waals surface area contributed by atoms with Gasteiger partial charge in [0.2, 0.25) is 0 Å². The van der Waals surface area contributed by atoms with Crippen LogP contribution in [0.2, 0.25) is 0 Å². The van der Waals surface area contributed by atoms with Crippen molar-refractivity contribution < 1.29 is 4.74 Å². The van der Waals surface area contributed by atoms with Gasteiger partial charge < -0.3 is 4.74 Å². The zero-order valence-corrected chi connectivity index (χ0v) is 12.4.